The van der Waals surface area contributed by atoms with Crippen LogP contribution < -0.4 is 5.32 Å². The van der Waals surface area contributed by atoms with Crippen LogP contribution in [0.25, 0.3) is 0 Å². The molecule has 0 bridgehead atoms. The van der Waals surface area contributed by atoms with Crippen molar-refractivity contribution < 1.29 is 19.4 Å². The summed E-state index contributed by atoms with van der Waals surface area (Å²) in [5, 5.41) is 12.7. The highest BCUT2D eigenvalue weighted by atomic mass is 16.6. The van der Waals surface area contributed by atoms with E-state index in [2.05, 4.69) is 19.2 Å². The van der Waals surface area contributed by atoms with Gasteiger partial charge in [-0.25, -0.2) is 0 Å². The average molecular weight is 337 g/mol. The molecule has 5 heteroatoms. The average Bonchev–Trinajstić information content (AvgIpc) is 3.23. The summed E-state index contributed by atoms with van der Waals surface area (Å²) in [6.45, 7) is 7.39. The Kier molecular flexibility index (Phi) is 3.98. The van der Waals surface area contributed by atoms with Crippen molar-refractivity contribution >= 4 is 5.97 Å². The molecule has 4 aliphatic rings. The van der Waals surface area contributed by atoms with Gasteiger partial charge >= 0.3 is 5.97 Å². The number of hydrogen-bond acceptors (Lipinski definition) is 5. The van der Waals surface area contributed by atoms with E-state index in [-0.39, 0.29) is 53.7 Å². The number of ether oxygens (including phenoxy) is 2. The molecule has 4 rings (SSSR count). The zero-order valence-electron chi connectivity index (χ0n) is 15.1. The Balaban J connectivity index is 1.54. The van der Waals surface area contributed by atoms with E-state index < -0.39 is 0 Å². The fraction of sp³-hybridized carbons (Fsp3) is 0.947. The molecule has 0 aromatic heterocycles. The summed E-state index contributed by atoms with van der Waals surface area (Å²) >= 11 is 0. The maximum absolute atomic E-state index is 12.5. The number of fused-ring (bicyclic) bond motifs is 2. The van der Waals surface area contributed by atoms with Crippen LogP contribution in [0.15, 0.2) is 0 Å². The van der Waals surface area contributed by atoms with Crippen LogP contribution in [0.2, 0.25) is 0 Å². The van der Waals surface area contributed by atoms with Gasteiger partial charge in [0.1, 0.15) is 11.7 Å². The second kappa shape index (κ2) is 5.68. The van der Waals surface area contributed by atoms with E-state index in [9.17, 15) is 9.90 Å². The first-order chi connectivity index (χ1) is 11.5. The molecule has 4 fully saturated rings. The minimum absolute atomic E-state index is 0.00873. The van der Waals surface area contributed by atoms with Gasteiger partial charge in [-0.05, 0) is 31.6 Å². The molecule has 1 spiro atoms. The van der Waals surface area contributed by atoms with Crippen LogP contribution in [0.4, 0.5) is 0 Å². The van der Waals surface area contributed by atoms with Crippen molar-refractivity contribution in [1.29, 1.82) is 0 Å². The van der Waals surface area contributed by atoms with Gasteiger partial charge in [0.15, 0.2) is 0 Å². The van der Waals surface area contributed by atoms with Crippen LogP contribution in [0, 0.1) is 23.2 Å². The first-order valence-corrected chi connectivity index (χ1v) is 9.69. The third kappa shape index (κ3) is 2.14. The molecule has 0 aromatic carbocycles. The summed E-state index contributed by atoms with van der Waals surface area (Å²) in [6.07, 6.45) is 5.63. The topological polar surface area (TPSA) is 71.1 Å². The molecule has 0 aromatic rings. The SMILES string of the molecule is CCC(CO)NCC1C(=O)OC2CC3(C)CCCC(C)C34OC4C21. The molecular formula is C19H31NO4. The minimum atomic E-state index is -0.140. The lowest BCUT2D eigenvalue weighted by atomic mass is 9.53. The third-order valence-electron chi connectivity index (χ3n) is 7.53. The second-order valence-electron chi connectivity index (χ2n) is 8.74. The van der Waals surface area contributed by atoms with Gasteiger partial charge in [0, 0.05) is 23.9 Å². The van der Waals surface area contributed by atoms with E-state index >= 15 is 0 Å². The molecule has 2 heterocycles. The van der Waals surface area contributed by atoms with Gasteiger partial charge in [-0.3, -0.25) is 4.79 Å². The Morgan fingerprint density at radius 2 is 2.25 bits per heavy atom. The molecule has 2 aliphatic heterocycles. The predicted molar refractivity (Wildman–Crippen MR) is 89.4 cm³/mol. The Labute approximate surface area is 144 Å². The van der Waals surface area contributed by atoms with Gasteiger partial charge in [0.25, 0.3) is 0 Å². The first-order valence-electron chi connectivity index (χ1n) is 9.69. The first kappa shape index (κ1) is 16.8. The summed E-state index contributed by atoms with van der Waals surface area (Å²) in [5.74, 6) is 0.520. The van der Waals surface area contributed by atoms with Crippen molar-refractivity contribution in [3.05, 3.63) is 0 Å². The maximum Gasteiger partial charge on any atom is 0.311 e. The van der Waals surface area contributed by atoms with Crippen molar-refractivity contribution in [1.82, 2.24) is 5.32 Å². The number of nitrogens with one attached hydrogen (secondary N) is 1. The third-order valence-corrected chi connectivity index (χ3v) is 7.53. The lowest BCUT2D eigenvalue weighted by Gasteiger charge is -2.48. The molecule has 136 valence electrons. The van der Waals surface area contributed by atoms with Gasteiger partial charge in [0.2, 0.25) is 0 Å². The number of hydrogen-bond donors (Lipinski definition) is 2. The molecule has 5 nitrogen and oxygen atoms in total. The molecule has 8 unspecified atom stereocenters. The van der Waals surface area contributed by atoms with Crippen molar-refractivity contribution in [3.8, 4) is 0 Å². The Hall–Kier alpha value is -0.650. The highest BCUT2D eigenvalue weighted by Gasteiger charge is 2.78. The van der Waals surface area contributed by atoms with Gasteiger partial charge < -0.3 is 19.9 Å². The number of esters is 1. The molecule has 8 atom stereocenters. The zero-order chi connectivity index (χ0) is 17.1. The normalized spacial score (nSPS) is 50.5. The molecule has 2 saturated heterocycles. The van der Waals surface area contributed by atoms with Crippen molar-refractivity contribution in [2.75, 3.05) is 13.2 Å². The van der Waals surface area contributed by atoms with E-state index in [4.69, 9.17) is 9.47 Å². The lowest BCUT2D eigenvalue weighted by Crippen LogP contribution is -2.54. The number of aliphatic hydroxyl groups is 1. The number of aliphatic hydroxyl groups excluding tert-OH is 1. The van der Waals surface area contributed by atoms with Crippen LogP contribution in [-0.4, -0.2) is 48.1 Å². The smallest absolute Gasteiger partial charge is 0.311 e. The van der Waals surface area contributed by atoms with Crippen LogP contribution >= 0.6 is 0 Å². The van der Waals surface area contributed by atoms with Crippen LogP contribution in [0.5, 0.6) is 0 Å². The number of carbonyl (C=O) groups is 1. The lowest BCUT2D eigenvalue weighted by molar-refractivity contribution is -0.146. The van der Waals surface area contributed by atoms with E-state index in [0.29, 0.717) is 12.5 Å². The van der Waals surface area contributed by atoms with Crippen LogP contribution in [0.1, 0.15) is 52.9 Å². The predicted octanol–water partition coefficient (Wildman–Crippen LogP) is 1.87. The molecule has 0 radical (unpaired) electrons. The summed E-state index contributed by atoms with van der Waals surface area (Å²) in [6, 6.07) is 0.0494. The molecule has 2 aliphatic carbocycles. The zero-order valence-corrected chi connectivity index (χ0v) is 15.1. The standard InChI is InChI=1S/C19H31NO4/c1-4-12(10-21)20-9-13-15-14(23-17(13)22)8-18(3)7-5-6-11(2)19(18)16(15)24-19/h11-16,20-21H,4-10H2,1-3H3. The maximum atomic E-state index is 12.5. The van der Waals surface area contributed by atoms with E-state index in [1.807, 2.05) is 6.92 Å². The summed E-state index contributed by atoms with van der Waals surface area (Å²) in [5.41, 5.74) is 0.121. The van der Waals surface area contributed by atoms with Crippen molar-refractivity contribution in [2.24, 2.45) is 23.2 Å². The quantitative estimate of drug-likeness (QED) is 0.592. The van der Waals surface area contributed by atoms with E-state index in [1.54, 1.807) is 0 Å². The summed E-state index contributed by atoms with van der Waals surface area (Å²) < 4.78 is 12.2. The molecular weight excluding hydrogens is 306 g/mol. The van der Waals surface area contributed by atoms with Gasteiger partial charge in [-0.15, -0.1) is 0 Å². The van der Waals surface area contributed by atoms with Gasteiger partial charge in [0.05, 0.1) is 18.6 Å². The summed E-state index contributed by atoms with van der Waals surface area (Å²) in [4.78, 5) is 12.5. The van der Waals surface area contributed by atoms with Gasteiger partial charge in [-0.1, -0.05) is 27.2 Å². The number of carbonyl (C=O) groups excluding carboxylic acids is 1. The Bertz CT molecular complexity index is 521. The highest BCUT2D eigenvalue weighted by molar-refractivity contribution is 5.76. The van der Waals surface area contributed by atoms with Crippen molar-refractivity contribution in [2.45, 2.75) is 76.7 Å². The number of rotatable bonds is 5. The summed E-state index contributed by atoms with van der Waals surface area (Å²) in [7, 11) is 0. The van der Waals surface area contributed by atoms with Crippen LogP contribution in [0.3, 0.4) is 0 Å². The van der Waals surface area contributed by atoms with E-state index in [0.717, 1.165) is 12.8 Å². The minimum Gasteiger partial charge on any atom is -0.462 e. The fourth-order valence-electron chi connectivity index (χ4n) is 6.10. The Morgan fingerprint density at radius 1 is 1.46 bits per heavy atom. The van der Waals surface area contributed by atoms with E-state index in [1.165, 1.54) is 19.3 Å². The molecule has 24 heavy (non-hydrogen) atoms. The highest BCUT2D eigenvalue weighted by Crippen LogP contribution is 2.70. The van der Waals surface area contributed by atoms with Gasteiger partial charge in [-0.2, -0.15) is 0 Å². The molecule has 2 saturated carbocycles. The second-order valence-corrected chi connectivity index (χ2v) is 8.74. The number of epoxide rings is 1. The Morgan fingerprint density at radius 3 is 2.96 bits per heavy atom. The molecule has 0 amide bonds. The fourth-order valence-corrected chi connectivity index (χ4v) is 6.10. The molecule has 2 N–H and O–H groups in total. The largest absolute Gasteiger partial charge is 0.462 e. The van der Waals surface area contributed by atoms with Crippen LogP contribution in [-0.2, 0) is 14.3 Å². The van der Waals surface area contributed by atoms with Crippen molar-refractivity contribution in [3.63, 3.8) is 0 Å². The monoisotopic (exact) mass is 337 g/mol.